The first kappa shape index (κ1) is 8.16. The van der Waals surface area contributed by atoms with Gasteiger partial charge in [-0.15, -0.1) is 0 Å². The Morgan fingerprint density at radius 3 is 2.00 bits per heavy atom. The number of rotatable bonds is 0. The molecule has 7 heteroatoms. The molecule has 0 fully saturated rings. The summed E-state index contributed by atoms with van der Waals surface area (Å²) in [6.45, 7) is 0. The second-order valence-corrected chi connectivity index (χ2v) is 3.29. The molecule has 0 spiro atoms. The Morgan fingerprint density at radius 2 is 1.47 bits per heavy atom. The van der Waals surface area contributed by atoms with Crippen LogP contribution in [0.15, 0.2) is 16.5 Å². The third kappa shape index (κ3) is 0.997. The molecular weight excluding hydrogens is 194 g/mol. The molecular formula is C8H9N7. The molecule has 1 aromatic heterocycles. The van der Waals surface area contributed by atoms with E-state index in [2.05, 4.69) is 20.2 Å². The molecule has 2 aliphatic rings. The lowest BCUT2D eigenvalue weighted by atomic mass is 10.3. The minimum absolute atomic E-state index is 0.778. The van der Waals surface area contributed by atoms with Gasteiger partial charge in [0.2, 0.25) is 0 Å². The van der Waals surface area contributed by atoms with E-state index in [0.29, 0.717) is 0 Å². The average Bonchev–Trinajstić information content (AvgIpc) is 2.27. The first-order valence-corrected chi connectivity index (χ1v) is 4.46. The van der Waals surface area contributed by atoms with E-state index in [-0.39, 0.29) is 0 Å². The fourth-order valence-electron chi connectivity index (χ4n) is 1.59. The molecule has 0 saturated carbocycles. The van der Waals surface area contributed by atoms with Crippen LogP contribution < -0.4 is 14.9 Å². The molecule has 7 nitrogen and oxygen atoms in total. The van der Waals surface area contributed by atoms with Gasteiger partial charge in [-0.25, -0.2) is 20.0 Å². The van der Waals surface area contributed by atoms with E-state index in [1.54, 1.807) is 22.7 Å². The lowest BCUT2D eigenvalue weighted by molar-refractivity contribution is 0.900. The average molecular weight is 203 g/mol. The number of hydrogen-bond acceptors (Lipinski definition) is 7. The van der Waals surface area contributed by atoms with E-state index < -0.39 is 0 Å². The standard InChI is InChI=1S/C8H9N7/c1-13-7-6-8(10-3-9-7)14(2)12-5-15(6)4-11-13/h3-5H,1-2H3. The minimum atomic E-state index is 0.778. The number of hydrogen-bond donors (Lipinski definition) is 0. The van der Waals surface area contributed by atoms with Crippen LogP contribution in [0, 0.1) is 0 Å². The fourth-order valence-corrected chi connectivity index (χ4v) is 1.59. The quantitative estimate of drug-likeness (QED) is 0.597. The molecule has 3 rings (SSSR count). The van der Waals surface area contributed by atoms with Gasteiger partial charge in [0.25, 0.3) is 0 Å². The van der Waals surface area contributed by atoms with Crippen LogP contribution in [0.5, 0.6) is 0 Å². The van der Waals surface area contributed by atoms with Gasteiger partial charge in [-0.05, 0) is 0 Å². The van der Waals surface area contributed by atoms with Crippen LogP contribution in [-0.2, 0) is 0 Å². The first-order chi connectivity index (χ1) is 7.27. The monoisotopic (exact) mass is 203 g/mol. The van der Waals surface area contributed by atoms with E-state index in [4.69, 9.17) is 0 Å². The second-order valence-electron chi connectivity index (χ2n) is 3.29. The summed E-state index contributed by atoms with van der Waals surface area (Å²) < 4.78 is 0. The summed E-state index contributed by atoms with van der Waals surface area (Å²) in [5, 5.41) is 11.7. The minimum Gasteiger partial charge on any atom is -0.281 e. The molecule has 1 aromatic rings. The van der Waals surface area contributed by atoms with Crippen molar-refractivity contribution in [2.75, 3.05) is 29.0 Å². The molecule has 0 amide bonds. The van der Waals surface area contributed by atoms with Crippen molar-refractivity contribution in [3.8, 4) is 0 Å². The summed E-state index contributed by atoms with van der Waals surface area (Å²) in [5.41, 5.74) is 0.910. The van der Waals surface area contributed by atoms with Crippen molar-refractivity contribution in [3.63, 3.8) is 0 Å². The Bertz CT molecular complexity index is 428. The van der Waals surface area contributed by atoms with Crippen LogP contribution in [0.25, 0.3) is 0 Å². The normalized spacial score (nSPS) is 17.1. The number of anilines is 3. The van der Waals surface area contributed by atoms with Crippen LogP contribution in [-0.4, -0.2) is 36.7 Å². The molecule has 0 unspecified atom stereocenters. The van der Waals surface area contributed by atoms with Gasteiger partial charge in [0.05, 0.1) is 0 Å². The summed E-state index contributed by atoms with van der Waals surface area (Å²) >= 11 is 0. The van der Waals surface area contributed by atoms with Crippen LogP contribution in [0.4, 0.5) is 17.3 Å². The highest BCUT2D eigenvalue weighted by Gasteiger charge is 2.27. The summed E-state index contributed by atoms with van der Waals surface area (Å²) in [5.74, 6) is 1.56. The highest BCUT2D eigenvalue weighted by Crippen LogP contribution is 2.37. The van der Waals surface area contributed by atoms with Gasteiger partial charge in [-0.3, -0.25) is 4.90 Å². The predicted octanol–water partition coefficient (Wildman–Crippen LogP) is 0.0692. The SMILES string of the molecule is CN1N=CN2C=NN(C)c3ncnc1c32. The second kappa shape index (κ2) is 2.66. The Balaban J connectivity index is 2.28. The van der Waals surface area contributed by atoms with Crippen molar-refractivity contribution in [2.24, 2.45) is 10.2 Å². The van der Waals surface area contributed by atoms with Crippen LogP contribution in [0.3, 0.4) is 0 Å². The Hall–Kier alpha value is -2.18. The van der Waals surface area contributed by atoms with E-state index in [9.17, 15) is 0 Å². The maximum absolute atomic E-state index is 4.20. The highest BCUT2D eigenvalue weighted by molar-refractivity contribution is 6.09. The van der Waals surface area contributed by atoms with E-state index in [1.165, 1.54) is 6.33 Å². The largest absolute Gasteiger partial charge is 0.281 e. The van der Waals surface area contributed by atoms with Crippen molar-refractivity contribution >= 4 is 30.0 Å². The van der Waals surface area contributed by atoms with E-state index in [0.717, 1.165) is 17.3 Å². The number of aromatic nitrogens is 2. The smallest absolute Gasteiger partial charge is 0.178 e. The van der Waals surface area contributed by atoms with Crippen molar-refractivity contribution < 1.29 is 0 Å². The molecule has 0 N–H and O–H groups in total. The van der Waals surface area contributed by atoms with Gasteiger partial charge in [0.15, 0.2) is 11.6 Å². The molecule has 2 aliphatic heterocycles. The number of hydrazone groups is 2. The van der Waals surface area contributed by atoms with Gasteiger partial charge >= 0.3 is 0 Å². The maximum Gasteiger partial charge on any atom is 0.178 e. The predicted molar refractivity (Wildman–Crippen MR) is 58.3 cm³/mol. The van der Waals surface area contributed by atoms with Crippen LogP contribution in [0.1, 0.15) is 0 Å². The summed E-state index contributed by atoms with van der Waals surface area (Å²) in [6.07, 6.45) is 4.89. The van der Waals surface area contributed by atoms with Crippen LogP contribution >= 0.6 is 0 Å². The van der Waals surface area contributed by atoms with Crippen molar-refractivity contribution in [3.05, 3.63) is 6.33 Å². The molecule has 3 heterocycles. The topological polar surface area (TPSA) is 60.2 Å². The Kier molecular flexibility index (Phi) is 1.44. The molecule has 0 bridgehead atoms. The van der Waals surface area contributed by atoms with Crippen molar-refractivity contribution in [2.45, 2.75) is 0 Å². The summed E-state index contributed by atoms with van der Waals surface area (Å²) in [4.78, 5) is 10.2. The Labute approximate surface area is 86.3 Å². The molecule has 0 saturated heterocycles. The van der Waals surface area contributed by atoms with Crippen LogP contribution in [0.2, 0.25) is 0 Å². The molecule has 0 aromatic carbocycles. The zero-order chi connectivity index (χ0) is 10.4. The summed E-state index contributed by atoms with van der Waals surface area (Å²) in [6, 6.07) is 0. The van der Waals surface area contributed by atoms with Gasteiger partial charge in [-0.2, -0.15) is 10.2 Å². The molecule has 15 heavy (non-hydrogen) atoms. The zero-order valence-electron chi connectivity index (χ0n) is 8.36. The van der Waals surface area contributed by atoms with Crippen molar-refractivity contribution in [1.29, 1.82) is 0 Å². The van der Waals surface area contributed by atoms with Gasteiger partial charge in [0.1, 0.15) is 24.7 Å². The first-order valence-electron chi connectivity index (χ1n) is 4.46. The summed E-state index contributed by atoms with van der Waals surface area (Å²) in [7, 11) is 3.70. The molecule has 0 aliphatic carbocycles. The molecule has 0 radical (unpaired) electrons. The fraction of sp³-hybridized carbons (Fsp3) is 0.250. The zero-order valence-corrected chi connectivity index (χ0v) is 8.36. The molecule has 76 valence electrons. The van der Waals surface area contributed by atoms with Gasteiger partial charge in [-0.1, -0.05) is 0 Å². The van der Waals surface area contributed by atoms with Gasteiger partial charge in [0, 0.05) is 14.1 Å². The molecule has 0 atom stereocenters. The Morgan fingerprint density at radius 1 is 0.933 bits per heavy atom. The van der Waals surface area contributed by atoms with Crippen molar-refractivity contribution in [1.82, 2.24) is 9.97 Å². The highest BCUT2D eigenvalue weighted by atomic mass is 15.6. The van der Waals surface area contributed by atoms with E-state index >= 15 is 0 Å². The third-order valence-corrected chi connectivity index (χ3v) is 2.35. The third-order valence-electron chi connectivity index (χ3n) is 2.35. The maximum atomic E-state index is 4.20. The lowest BCUT2D eigenvalue weighted by Gasteiger charge is -2.31. The number of nitrogens with zero attached hydrogens (tertiary/aromatic N) is 7. The lowest BCUT2D eigenvalue weighted by Crippen LogP contribution is -2.35. The van der Waals surface area contributed by atoms with E-state index in [1.807, 2.05) is 19.0 Å². The van der Waals surface area contributed by atoms with Gasteiger partial charge < -0.3 is 0 Å².